The van der Waals surface area contributed by atoms with Gasteiger partial charge in [0.05, 0.1) is 22.9 Å². The van der Waals surface area contributed by atoms with Gasteiger partial charge in [-0.25, -0.2) is 0 Å². The molecule has 1 unspecified atom stereocenters. The van der Waals surface area contributed by atoms with Gasteiger partial charge in [0, 0.05) is 37.7 Å². The molecule has 7 nitrogen and oxygen atoms in total. The number of nitrogens with zero attached hydrogens (tertiary/aromatic N) is 3. The van der Waals surface area contributed by atoms with Gasteiger partial charge in [-0.3, -0.25) is 14.6 Å². The van der Waals surface area contributed by atoms with Gasteiger partial charge < -0.3 is 19.5 Å². The van der Waals surface area contributed by atoms with E-state index in [9.17, 15) is 9.59 Å². The second-order valence-corrected chi connectivity index (χ2v) is 8.81. The lowest BCUT2D eigenvalue weighted by Crippen LogP contribution is -2.47. The van der Waals surface area contributed by atoms with Crippen molar-refractivity contribution in [3.63, 3.8) is 0 Å². The zero-order valence-electron chi connectivity index (χ0n) is 18.7. The van der Waals surface area contributed by atoms with Gasteiger partial charge in [0.2, 0.25) is 0 Å². The van der Waals surface area contributed by atoms with Crippen LogP contribution in [-0.4, -0.2) is 45.2 Å². The molecule has 7 heteroatoms. The molecule has 0 fully saturated rings. The van der Waals surface area contributed by atoms with E-state index in [1.165, 1.54) is 0 Å². The zero-order valence-corrected chi connectivity index (χ0v) is 18.7. The van der Waals surface area contributed by atoms with Crippen molar-refractivity contribution in [2.24, 2.45) is 0 Å². The van der Waals surface area contributed by atoms with Crippen LogP contribution in [0, 0.1) is 0 Å². The summed E-state index contributed by atoms with van der Waals surface area (Å²) < 4.78 is 5.78. The summed E-state index contributed by atoms with van der Waals surface area (Å²) in [5.74, 6) is 0.278. The van der Waals surface area contributed by atoms with E-state index in [1.54, 1.807) is 41.8 Å². The first-order valence-corrected chi connectivity index (χ1v) is 11.1. The maximum Gasteiger partial charge on any atom is 0.256 e. The molecule has 1 aromatic carbocycles. The number of aromatic nitrogens is 1. The molecule has 2 aliphatic rings. The minimum Gasteiger partial charge on any atom is -0.467 e. The second kappa shape index (κ2) is 8.24. The van der Waals surface area contributed by atoms with Crippen LogP contribution in [0.25, 0.3) is 0 Å². The molecule has 0 saturated heterocycles. The third-order valence-electron chi connectivity index (χ3n) is 6.44. The van der Waals surface area contributed by atoms with Crippen LogP contribution in [-0.2, 0) is 11.3 Å². The molecule has 5 rings (SSSR count). The van der Waals surface area contributed by atoms with Gasteiger partial charge >= 0.3 is 0 Å². The van der Waals surface area contributed by atoms with Crippen LogP contribution in [0.5, 0.6) is 0 Å². The summed E-state index contributed by atoms with van der Waals surface area (Å²) in [4.78, 5) is 35.2. The standard InChI is InChI=1S/C26H26N4O3/c1-26(2)23-21(25(32)30(26)17-18-8-4-3-5-9-18)22(20-11-7-15-33-20)29(14-13-28-23)24(31)19-10-6-12-27-16-19/h3-12,15-16,22,28H,13-14,17H2,1-2H3. The normalized spacial score (nSPS) is 19.8. The van der Waals surface area contributed by atoms with Gasteiger partial charge in [-0.2, -0.15) is 0 Å². The van der Waals surface area contributed by atoms with Gasteiger partial charge in [0.1, 0.15) is 11.8 Å². The predicted molar refractivity (Wildman–Crippen MR) is 123 cm³/mol. The number of carbonyl (C=O) groups excluding carboxylic acids is 2. The van der Waals surface area contributed by atoms with Gasteiger partial charge in [-0.05, 0) is 43.7 Å². The fourth-order valence-corrected chi connectivity index (χ4v) is 4.77. The molecule has 0 spiro atoms. The van der Waals surface area contributed by atoms with Crippen LogP contribution in [0.15, 0.2) is 88.9 Å². The number of nitrogens with one attached hydrogen (secondary N) is 1. The Kier molecular flexibility index (Phi) is 5.24. The summed E-state index contributed by atoms with van der Waals surface area (Å²) in [6.07, 6.45) is 4.76. The second-order valence-electron chi connectivity index (χ2n) is 8.81. The van der Waals surface area contributed by atoms with Crippen molar-refractivity contribution in [2.75, 3.05) is 13.1 Å². The molecule has 4 heterocycles. The van der Waals surface area contributed by atoms with Gasteiger partial charge in [-0.15, -0.1) is 0 Å². The Hall–Kier alpha value is -3.87. The van der Waals surface area contributed by atoms with Gasteiger partial charge in [0.25, 0.3) is 11.8 Å². The highest BCUT2D eigenvalue weighted by atomic mass is 16.3. The van der Waals surface area contributed by atoms with E-state index in [0.717, 1.165) is 11.3 Å². The van der Waals surface area contributed by atoms with Crippen LogP contribution < -0.4 is 5.32 Å². The summed E-state index contributed by atoms with van der Waals surface area (Å²) in [7, 11) is 0. The molecule has 0 radical (unpaired) electrons. The fourth-order valence-electron chi connectivity index (χ4n) is 4.77. The molecule has 168 valence electrons. The molecule has 2 amide bonds. The Labute approximate surface area is 192 Å². The Bertz CT molecular complexity index is 1190. The topological polar surface area (TPSA) is 78.7 Å². The van der Waals surface area contributed by atoms with Crippen LogP contribution in [0.1, 0.15) is 41.6 Å². The van der Waals surface area contributed by atoms with Gasteiger partial charge in [0.15, 0.2) is 0 Å². The Morgan fingerprint density at radius 3 is 2.67 bits per heavy atom. The summed E-state index contributed by atoms with van der Waals surface area (Å²) in [6.45, 7) is 5.51. The van der Waals surface area contributed by atoms with Crippen LogP contribution in [0.4, 0.5) is 0 Å². The number of hydrogen-bond donors (Lipinski definition) is 1. The average Bonchev–Trinajstić information content (AvgIpc) is 3.35. The summed E-state index contributed by atoms with van der Waals surface area (Å²) in [5, 5.41) is 3.47. The predicted octanol–water partition coefficient (Wildman–Crippen LogP) is 3.54. The molecule has 1 atom stereocenters. The molecule has 0 aliphatic carbocycles. The largest absolute Gasteiger partial charge is 0.467 e. The lowest BCUT2D eigenvalue weighted by Gasteiger charge is -2.35. The molecule has 33 heavy (non-hydrogen) atoms. The molecule has 3 aromatic rings. The minimum absolute atomic E-state index is 0.0985. The number of benzene rings is 1. The molecule has 0 bridgehead atoms. The van der Waals surface area contributed by atoms with Gasteiger partial charge in [-0.1, -0.05) is 30.3 Å². The lowest BCUT2D eigenvalue weighted by molar-refractivity contribution is -0.130. The van der Waals surface area contributed by atoms with E-state index in [-0.39, 0.29) is 11.8 Å². The molecule has 1 N–H and O–H groups in total. The first-order valence-electron chi connectivity index (χ1n) is 11.1. The summed E-state index contributed by atoms with van der Waals surface area (Å²) in [6, 6.07) is 16.4. The van der Waals surface area contributed by atoms with Crippen molar-refractivity contribution in [1.29, 1.82) is 0 Å². The van der Waals surface area contributed by atoms with E-state index >= 15 is 0 Å². The third-order valence-corrected chi connectivity index (χ3v) is 6.44. The Morgan fingerprint density at radius 2 is 1.97 bits per heavy atom. The van der Waals surface area contributed by atoms with Crippen molar-refractivity contribution in [3.05, 3.63) is 101 Å². The van der Waals surface area contributed by atoms with E-state index in [1.807, 2.05) is 55.1 Å². The number of hydrogen-bond acceptors (Lipinski definition) is 5. The van der Waals surface area contributed by atoms with Crippen molar-refractivity contribution in [2.45, 2.75) is 32.0 Å². The monoisotopic (exact) mass is 442 g/mol. The van der Waals surface area contributed by atoms with Crippen molar-refractivity contribution >= 4 is 11.8 Å². The highest BCUT2D eigenvalue weighted by molar-refractivity contribution is 6.02. The summed E-state index contributed by atoms with van der Waals surface area (Å²) in [5.41, 5.74) is 2.35. The highest BCUT2D eigenvalue weighted by Gasteiger charge is 2.51. The quantitative estimate of drug-likeness (QED) is 0.669. The molecule has 0 saturated carbocycles. The first-order chi connectivity index (χ1) is 16.0. The minimum atomic E-state index is -0.634. The Balaban J connectivity index is 1.59. The number of furan rings is 1. The lowest BCUT2D eigenvalue weighted by atomic mass is 9.95. The SMILES string of the molecule is CC1(C)C2=C(C(=O)N1Cc1ccccc1)C(c1ccco1)N(C(=O)c1cccnc1)CCN2. The highest BCUT2D eigenvalue weighted by Crippen LogP contribution is 2.44. The van der Waals surface area contributed by atoms with E-state index in [4.69, 9.17) is 4.42 Å². The first kappa shape index (κ1) is 21.0. The van der Waals surface area contributed by atoms with Crippen molar-refractivity contribution in [3.8, 4) is 0 Å². The average molecular weight is 443 g/mol. The van der Waals surface area contributed by atoms with Crippen molar-refractivity contribution < 1.29 is 14.0 Å². The van der Waals surface area contributed by atoms with E-state index < -0.39 is 11.6 Å². The summed E-state index contributed by atoms with van der Waals surface area (Å²) >= 11 is 0. The number of rotatable bonds is 4. The Morgan fingerprint density at radius 1 is 1.15 bits per heavy atom. The zero-order chi connectivity index (χ0) is 23.0. The smallest absolute Gasteiger partial charge is 0.256 e. The van der Waals surface area contributed by atoms with Crippen LogP contribution >= 0.6 is 0 Å². The molecular formula is C26H26N4O3. The number of carbonyl (C=O) groups is 2. The maximum absolute atomic E-state index is 14.0. The number of amides is 2. The molecular weight excluding hydrogens is 416 g/mol. The van der Waals surface area contributed by atoms with Crippen LogP contribution in [0.2, 0.25) is 0 Å². The molecule has 2 aliphatic heterocycles. The van der Waals surface area contributed by atoms with Crippen LogP contribution in [0.3, 0.4) is 0 Å². The third kappa shape index (κ3) is 3.59. The van der Waals surface area contributed by atoms with E-state index in [2.05, 4.69) is 10.3 Å². The number of pyridine rings is 1. The van der Waals surface area contributed by atoms with E-state index in [0.29, 0.717) is 36.5 Å². The van der Waals surface area contributed by atoms with Crippen molar-refractivity contribution in [1.82, 2.24) is 20.1 Å². The maximum atomic E-state index is 14.0. The fraction of sp³-hybridized carbons (Fsp3) is 0.269. The molecule has 2 aromatic heterocycles.